The maximum Gasteiger partial charge on any atom is 0.228 e. The summed E-state index contributed by atoms with van der Waals surface area (Å²) in [4.78, 5) is 12.8. The minimum absolute atomic E-state index is 0.0624. The lowest BCUT2D eigenvalue weighted by Gasteiger charge is -2.29. The number of hydrogen-bond acceptors (Lipinski definition) is 2. The molecule has 0 spiro atoms. The summed E-state index contributed by atoms with van der Waals surface area (Å²) >= 11 is 0. The lowest BCUT2D eigenvalue weighted by Crippen LogP contribution is -2.43. The summed E-state index contributed by atoms with van der Waals surface area (Å²) in [7, 11) is 0. The van der Waals surface area contributed by atoms with E-state index in [2.05, 4.69) is 56.5 Å². The molecule has 1 aromatic rings. The van der Waals surface area contributed by atoms with E-state index >= 15 is 0 Å². The van der Waals surface area contributed by atoms with Crippen LogP contribution in [0, 0.1) is 19.3 Å². The van der Waals surface area contributed by atoms with Gasteiger partial charge in [-0.1, -0.05) is 37.1 Å². The molecule has 21 heavy (non-hydrogen) atoms. The Morgan fingerprint density at radius 1 is 1.43 bits per heavy atom. The van der Waals surface area contributed by atoms with E-state index in [4.69, 9.17) is 0 Å². The average Bonchev–Trinajstić information content (AvgIpc) is 2.88. The van der Waals surface area contributed by atoms with Crippen molar-refractivity contribution in [3.05, 3.63) is 34.9 Å². The van der Waals surface area contributed by atoms with E-state index in [1.165, 1.54) is 16.7 Å². The Bertz CT molecular complexity index is 504. The molecule has 3 nitrogen and oxygen atoms in total. The summed E-state index contributed by atoms with van der Waals surface area (Å²) in [6.45, 7) is 10.2. The number of rotatable bonds is 5. The first-order valence-corrected chi connectivity index (χ1v) is 8.07. The SMILES string of the molecule is CCCC1(C(=O)NC(C)c2ccc(C)cc2C)CCNC1. The maximum absolute atomic E-state index is 12.8. The molecule has 3 heteroatoms. The number of benzene rings is 1. The Kier molecular flexibility index (Phi) is 5.04. The maximum atomic E-state index is 12.8. The van der Waals surface area contributed by atoms with Gasteiger partial charge in [-0.25, -0.2) is 0 Å². The van der Waals surface area contributed by atoms with Gasteiger partial charge in [0, 0.05) is 6.54 Å². The van der Waals surface area contributed by atoms with Crippen LogP contribution in [0.1, 0.15) is 55.8 Å². The normalized spacial score (nSPS) is 23.0. The fraction of sp³-hybridized carbons (Fsp3) is 0.611. The van der Waals surface area contributed by atoms with Crippen molar-refractivity contribution in [2.75, 3.05) is 13.1 Å². The molecule has 0 aromatic heterocycles. The van der Waals surface area contributed by atoms with Gasteiger partial charge >= 0.3 is 0 Å². The fourth-order valence-electron chi connectivity index (χ4n) is 3.48. The molecule has 116 valence electrons. The minimum Gasteiger partial charge on any atom is -0.349 e. The standard InChI is InChI=1S/C18H28N2O/c1-5-8-18(9-10-19-12-18)17(21)20-15(4)16-7-6-13(2)11-14(16)3/h6-7,11,15,19H,5,8-10,12H2,1-4H3,(H,20,21). The molecule has 1 aromatic carbocycles. The number of amides is 1. The van der Waals surface area contributed by atoms with E-state index in [0.717, 1.165) is 32.4 Å². The zero-order valence-corrected chi connectivity index (χ0v) is 13.8. The summed E-state index contributed by atoms with van der Waals surface area (Å²) in [5, 5.41) is 6.60. The lowest BCUT2D eigenvalue weighted by molar-refractivity contribution is -0.131. The van der Waals surface area contributed by atoms with Crippen molar-refractivity contribution in [1.29, 1.82) is 0 Å². The van der Waals surface area contributed by atoms with Crippen molar-refractivity contribution in [3.63, 3.8) is 0 Å². The molecule has 0 aliphatic carbocycles. The van der Waals surface area contributed by atoms with Crippen LogP contribution in [-0.4, -0.2) is 19.0 Å². The highest BCUT2D eigenvalue weighted by Crippen LogP contribution is 2.32. The summed E-state index contributed by atoms with van der Waals surface area (Å²) in [6.07, 6.45) is 2.96. The van der Waals surface area contributed by atoms with Crippen molar-refractivity contribution in [2.24, 2.45) is 5.41 Å². The van der Waals surface area contributed by atoms with Crippen LogP contribution < -0.4 is 10.6 Å². The Labute approximate surface area is 128 Å². The zero-order chi connectivity index (χ0) is 15.5. The first kappa shape index (κ1) is 16.0. The predicted molar refractivity (Wildman–Crippen MR) is 87.3 cm³/mol. The highest BCUT2D eigenvalue weighted by atomic mass is 16.2. The monoisotopic (exact) mass is 288 g/mol. The topological polar surface area (TPSA) is 41.1 Å². The average molecular weight is 288 g/mol. The van der Waals surface area contributed by atoms with Crippen LogP contribution in [0.4, 0.5) is 0 Å². The van der Waals surface area contributed by atoms with Gasteiger partial charge in [0.05, 0.1) is 11.5 Å². The predicted octanol–water partition coefficient (Wildman–Crippen LogP) is 3.26. The van der Waals surface area contributed by atoms with Gasteiger partial charge in [-0.2, -0.15) is 0 Å². The quantitative estimate of drug-likeness (QED) is 0.873. The van der Waals surface area contributed by atoms with E-state index < -0.39 is 0 Å². The van der Waals surface area contributed by atoms with Crippen molar-refractivity contribution in [1.82, 2.24) is 10.6 Å². The zero-order valence-electron chi connectivity index (χ0n) is 13.8. The Hall–Kier alpha value is -1.35. The van der Waals surface area contributed by atoms with E-state index in [1.807, 2.05) is 0 Å². The van der Waals surface area contributed by atoms with Crippen LogP contribution in [0.3, 0.4) is 0 Å². The minimum atomic E-state index is -0.207. The second kappa shape index (κ2) is 6.61. The van der Waals surface area contributed by atoms with Gasteiger partial charge in [0.25, 0.3) is 0 Å². The van der Waals surface area contributed by atoms with Gasteiger partial charge in [-0.05, 0) is 51.3 Å². The van der Waals surface area contributed by atoms with Crippen molar-refractivity contribution >= 4 is 5.91 Å². The van der Waals surface area contributed by atoms with Gasteiger partial charge in [0.1, 0.15) is 0 Å². The molecule has 0 saturated carbocycles. The van der Waals surface area contributed by atoms with Crippen LogP contribution in [0.15, 0.2) is 18.2 Å². The molecule has 2 rings (SSSR count). The third kappa shape index (κ3) is 3.46. The molecule has 1 saturated heterocycles. The molecule has 2 atom stereocenters. The van der Waals surface area contributed by atoms with Crippen LogP contribution in [0.5, 0.6) is 0 Å². The van der Waals surface area contributed by atoms with Crippen LogP contribution in [0.25, 0.3) is 0 Å². The molecule has 1 aliphatic rings. The van der Waals surface area contributed by atoms with Crippen molar-refractivity contribution in [3.8, 4) is 0 Å². The molecule has 2 N–H and O–H groups in total. The van der Waals surface area contributed by atoms with Crippen LogP contribution >= 0.6 is 0 Å². The summed E-state index contributed by atoms with van der Waals surface area (Å²) in [5.74, 6) is 0.210. The molecular weight excluding hydrogens is 260 g/mol. The first-order chi connectivity index (χ1) is 9.98. The van der Waals surface area contributed by atoms with E-state index in [-0.39, 0.29) is 17.4 Å². The fourth-order valence-corrected chi connectivity index (χ4v) is 3.48. The molecule has 2 unspecified atom stereocenters. The number of carbonyl (C=O) groups is 1. The molecule has 1 amide bonds. The van der Waals surface area contributed by atoms with Crippen LogP contribution in [-0.2, 0) is 4.79 Å². The van der Waals surface area contributed by atoms with Gasteiger partial charge < -0.3 is 10.6 Å². The number of carbonyl (C=O) groups excluding carboxylic acids is 1. The molecule has 1 fully saturated rings. The second-order valence-corrected chi connectivity index (χ2v) is 6.51. The highest BCUT2D eigenvalue weighted by Gasteiger charge is 2.40. The van der Waals surface area contributed by atoms with Gasteiger partial charge in [0.15, 0.2) is 0 Å². The van der Waals surface area contributed by atoms with Gasteiger partial charge in [-0.15, -0.1) is 0 Å². The molecular formula is C18H28N2O. The van der Waals surface area contributed by atoms with Crippen LogP contribution in [0.2, 0.25) is 0 Å². The second-order valence-electron chi connectivity index (χ2n) is 6.51. The summed E-state index contributed by atoms with van der Waals surface area (Å²) in [6, 6.07) is 6.49. The van der Waals surface area contributed by atoms with Gasteiger partial charge in [-0.3, -0.25) is 4.79 Å². The van der Waals surface area contributed by atoms with Crippen molar-refractivity contribution < 1.29 is 4.79 Å². The largest absolute Gasteiger partial charge is 0.349 e. The Morgan fingerprint density at radius 2 is 2.19 bits per heavy atom. The highest BCUT2D eigenvalue weighted by molar-refractivity contribution is 5.83. The van der Waals surface area contributed by atoms with E-state index in [1.54, 1.807) is 0 Å². The smallest absolute Gasteiger partial charge is 0.228 e. The Morgan fingerprint density at radius 3 is 2.76 bits per heavy atom. The molecule has 0 bridgehead atoms. The van der Waals surface area contributed by atoms with Gasteiger partial charge in [0.2, 0.25) is 5.91 Å². The summed E-state index contributed by atoms with van der Waals surface area (Å²) < 4.78 is 0. The summed E-state index contributed by atoms with van der Waals surface area (Å²) in [5.41, 5.74) is 3.52. The third-order valence-corrected chi connectivity index (χ3v) is 4.69. The molecule has 1 heterocycles. The molecule has 1 aliphatic heterocycles. The van der Waals surface area contributed by atoms with E-state index in [9.17, 15) is 4.79 Å². The Balaban J connectivity index is 2.10. The molecule has 0 radical (unpaired) electrons. The lowest BCUT2D eigenvalue weighted by atomic mass is 9.81. The first-order valence-electron chi connectivity index (χ1n) is 8.07. The number of nitrogens with one attached hydrogen (secondary N) is 2. The van der Waals surface area contributed by atoms with Crippen molar-refractivity contribution in [2.45, 2.75) is 53.0 Å². The number of aryl methyl sites for hydroxylation is 2. The third-order valence-electron chi connectivity index (χ3n) is 4.69. The number of hydrogen-bond donors (Lipinski definition) is 2. The van der Waals surface area contributed by atoms with E-state index in [0.29, 0.717) is 0 Å².